The van der Waals surface area contributed by atoms with E-state index in [-0.39, 0.29) is 22.9 Å². The molecule has 4 N–H and O–H groups in total. The molecule has 0 unspecified atom stereocenters. The molecule has 0 aliphatic carbocycles. The zero-order chi connectivity index (χ0) is 20.3. The Balaban J connectivity index is 2.00. The normalized spacial score (nSPS) is 11.2. The molecule has 0 spiro atoms. The molecule has 28 heavy (non-hydrogen) atoms. The van der Waals surface area contributed by atoms with Gasteiger partial charge in [0.2, 0.25) is 11.8 Å². The molecule has 2 heterocycles. The van der Waals surface area contributed by atoms with Gasteiger partial charge in [-0.1, -0.05) is 26.7 Å². The average Bonchev–Trinajstić information content (AvgIpc) is 3.14. The second-order valence-corrected chi connectivity index (χ2v) is 6.51. The predicted molar refractivity (Wildman–Crippen MR) is 105 cm³/mol. The van der Waals surface area contributed by atoms with Gasteiger partial charge in [0.05, 0.1) is 13.2 Å². The van der Waals surface area contributed by atoms with Crippen molar-refractivity contribution in [2.45, 2.75) is 39.5 Å². The Bertz CT molecular complexity index is 935. The molecule has 2 aromatic heterocycles. The molecule has 0 radical (unpaired) electrons. The fourth-order valence-electron chi connectivity index (χ4n) is 2.91. The lowest BCUT2D eigenvalue weighted by molar-refractivity contribution is 0.0493. The van der Waals surface area contributed by atoms with E-state index < -0.39 is 11.9 Å². The Morgan fingerprint density at radius 3 is 1.57 bits per heavy atom. The molecule has 0 fully saturated rings. The van der Waals surface area contributed by atoms with Crippen molar-refractivity contribution >= 4 is 45.6 Å². The molecule has 8 heteroatoms. The summed E-state index contributed by atoms with van der Waals surface area (Å²) in [7, 11) is 0. The van der Waals surface area contributed by atoms with Gasteiger partial charge in [0.1, 0.15) is 22.3 Å². The van der Waals surface area contributed by atoms with Crippen molar-refractivity contribution in [1.82, 2.24) is 0 Å². The van der Waals surface area contributed by atoms with Crippen LogP contribution in [0.1, 0.15) is 60.2 Å². The summed E-state index contributed by atoms with van der Waals surface area (Å²) in [4.78, 5) is 24.8. The van der Waals surface area contributed by atoms with Crippen LogP contribution in [-0.4, -0.2) is 25.2 Å². The molecule has 0 bridgehead atoms. The van der Waals surface area contributed by atoms with Crippen molar-refractivity contribution < 1.29 is 27.9 Å². The largest absolute Gasteiger partial charge is 0.462 e. The van der Waals surface area contributed by atoms with Gasteiger partial charge in [-0.25, -0.2) is 9.59 Å². The second kappa shape index (κ2) is 8.24. The average molecular weight is 388 g/mol. The van der Waals surface area contributed by atoms with Crippen LogP contribution in [-0.2, 0) is 9.47 Å². The smallest absolute Gasteiger partial charge is 0.344 e. The number of carbonyl (C=O) groups excluding carboxylic acids is 2. The first-order valence-corrected chi connectivity index (χ1v) is 9.36. The van der Waals surface area contributed by atoms with Crippen molar-refractivity contribution in [2.24, 2.45) is 0 Å². The zero-order valence-electron chi connectivity index (χ0n) is 16.0. The van der Waals surface area contributed by atoms with E-state index in [0.717, 1.165) is 25.7 Å². The predicted octanol–water partition coefficient (Wildman–Crippen LogP) is 4.26. The summed E-state index contributed by atoms with van der Waals surface area (Å²) in [5, 5.41) is 0.872. The minimum Gasteiger partial charge on any atom is -0.462 e. The minimum atomic E-state index is -0.567. The highest BCUT2D eigenvalue weighted by molar-refractivity contribution is 6.14. The van der Waals surface area contributed by atoms with E-state index in [4.69, 9.17) is 29.8 Å². The number of fused-ring (bicyclic) bond motifs is 2. The number of nitrogen functional groups attached to an aromatic ring is 2. The Morgan fingerprint density at radius 2 is 1.21 bits per heavy atom. The highest BCUT2D eigenvalue weighted by Gasteiger charge is 2.25. The summed E-state index contributed by atoms with van der Waals surface area (Å²) >= 11 is 0. The van der Waals surface area contributed by atoms with Crippen LogP contribution in [0.3, 0.4) is 0 Å². The standard InChI is InChI=1S/C20H24N2O6/c1-3-5-7-25-19(23)15-11-9-14-12(10-13(11)27-17(15)21)16(18(22)28-14)20(24)26-8-6-4-2/h9-10H,3-8,21-22H2,1-2H3. The maximum atomic E-state index is 12.4. The number of hydrogen-bond acceptors (Lipinski definition) is 8. The van der Waals surface area contributed by atoms with Crippen molar-refractivity contribution in [1.29, 1.82) is 0 Å². The maximum absolute atomic E-state index is 12.4. The lowest BCUT2D eigenvalue weighted by atomic mass is 10.1. The summed E-state index contributed by atoms with van der Waals surface area (Å²) in [6.45, 7) is 4.59. The van der Waals surface area contributed by atoms with Crippen LogP contribution in [0.5, 0.6) is 0 Å². The summed E-state index contributed by atoms with van der Waals surface area (Å²) in [5.74, 6) is -1.24. The van der Waals surface area contributed by atoms with Gasteiger partial charge in [0, 0.05) is 10.8 Å². The summed E-state index contributed by atoms with van der Waals surface area (Å²) < 4.78 is 21.5. The molecule has 0 saturated heterocycles. The van der Waals surface area contributed by atoms with Gasteiger partial charge < -0.3 is 29.8 Å². The monoisotopic (exact) mass is 388 g/mol. The molecule has 3 aromatic rings. The number of carbonyl (C=O) groups is 2. The van der Waals surface area contributed by atoms with Gasteiger partial charge in [-0.2, -0.15) is 0 Å². The molecule has 150 valence electrons. The van der Waals surface area contributed by atoms with Gasteiger partial charge in [0.15, 0.2) is 0 Å². The topological polar surface area (TPSA) is 131 Å². The first kappa shape index (κ1) is 19.6. The first-order chi connectivity index (χ1) is 13.5. The van der Waals surface area contributed by atoms with E-state index >= 15 is 0 Å². The molecular weight excluding hydrogens is 364 g/mol. The molecule has 0 aliphatic heterocycles. The van der Waals surface area contributed by atoms with Crippen molar-refractivity contribution in [3.63, 3.8) is 0 Å². The number of hydrogen-bond donors (Lipinski definition) is 2. The van der Waals surface area contributed by atoms with E-state index in [1.807, 2.05) is 13.8 Å². The highest BCUT2D eigenvalue weighted by Crippen LogP contribution is 2.36. The molecular formula is C20H24N2O6. The maximum Gasteiger partial charge on any atom is 0.344 e. The lowest BCUT2D eigenvalue weighted by Crippen LogP contribution is -2.08. The van der Waals surface area contributed by atoms with Gasteiger partial charge in [-0.3, -0.25) is 0 Å². The van der Waals surface area contributed by atoms with E-state index in [0.29, 0.717) is 35.2 Å². The van der Waals surface area contributed by atoms with Gasteiger partial charge in [-0.15, -0.1) is 0 Å². The number of unbranched alkanes of at least 4 members (excludes halogenated alkanes) is 2. The molecule has 0 atom stereocenters. The lowest BCUT2D eigenvalue weighted by Gasteiger charge is -2.03. The first-order valence-electron chi connectivity index (χ1n) is 9.36. The van der Waals surface area contributed by atoms with Crippen LogP contribution in [0, 0.1) is 0 Å². The third-order valence-corrected chi connectivity index (χ3v) is 4.42. The van der Waals surface area contributed by atoms with Gasteiger partial charge >= 0.3 is 11.9 Å². The van der Waals surface area contributed by atoms with Crippen molar-refractivity contribution in [3.8, 4) is 0 Å². The van der Waals surface area contributed by atoms with Crippen LogP contribution in [0.2, 0.25) is 0 Å². The number of nitrogens with two attached hydrogens (primary N) is 2. The minimum absolute atomic E-state index is 0.0517. The zero-order valence-corrected chi connectivity index (χ0v) is 16.0. The van der Waals surface area contributed by atoms with Crippen LogP contribution >= 0.6 is 0 Å². The van der Waals surface area contributed by atoms with Crippen molar-refractivity contribution in [3.05, 3.63) is 23.3 Å². The van der Waals surface area contributed by atoms with Gasteiger partial charge in [0.25, 0.3) is 0 Å². The van der Waals surface area contributed by atoms with Crippen molar-refractivity contribution in [2.75, 3.05) is 24.7 Å². The number of anilines is 2. The Hall–Kier alpha value is -3.16. The summed E-state index contributed by atoms with van der Waals surface area (Å²) in [5.41, 5.74) is 12.7. The molecule has 8 nitrogen and oxygen atoms in total. The Kier molecular flexibility index (Phi) is 5.77. The molecule has 1 aromatic carbocycles. The van der Waals surface area contributed by atoms with E-state index in [1.54, 1.807) is 12.1 Å². The fourth-order valence-corrected chi connectivity index (χ4v) is 2.91. The number of rotatable bonds is 8. The van der Waals surface area contributed by atoms with Gasteiger partial charge in [-0.05, 0) is 25.0 Å². The van der Waals surface area contributed by atoms with Crippen LogP contribution in [0.25, 0.3) is 21.9 Å². The molecule has 3 rings (SSSR count). The summed E-state index contributed by atoms with van der Waals surface area (Å²) in [6, 6.07) is 3.14. The molecule has 0 saturated carbocycles. The van der Waals surface area contributed by atoms with Crippen LogP contribution < -0.4 is 11.5 Å². The Labute approximate surface area is 161 Å². The highest BCUT2D eigenvalue weighted by atomic mass is 16.5. The SMILES string of the molecule is CCCCOC(=O)c1c(N)oc2cc3c(C(=O)OCCCC)c(N)oc3cc12. The third-order valence-electron chi connectivity index (χ3n) is 4.42. The number of benzene rings is 1. The summed E-state index contributed by atoms with van der Waals surface area (Å²) in [6.07, 6.45) is 3.31. The molecule has 0 amide bonds. The fraction of sp³-hybridized carbons (Fsp3) is 0.400. The quantitative estimate of drug-likeness (QED) is 0.432. The van der Waals surface area contributed by atoms with E-state index in [1.165, 1.54) is 0 Å². The van der Waals surface area contributed by atoms with E-state index in [9.17, 15) is 9.59 Å². The third kappa shape index (κ3) is 3.62. The van der Waals surface area contributed by atoms with Crippen LogP contribution in [0.4, 0.5) is 11.8 Å². The van der Waals surface area contributed by atoms with E-state index in [2.05, 4.69) is 0 Å². The Morgan fingerprint density at radius 1 is 0.821 bits per heavy atom. The molecule has 0 aliphatic rings. The second-order valence-electron chi connectivity index (χ2n) is 6.51. The number of ether oxygens (including phenoxy) is 2. The number of esters is 2. The number of furan rings is 2. The van der Waals surface area contributed by atoms with Crippen LogP contribution in [0.15, 0.2) is 21.0 Å².